The van der Waals surface area contributed by atoms with Crippen LogP contribution in [0.5, 0.6) is 0 Å². The van der Waals surface area contributed by atoms with Crippen LogP contribution in [0.4, 0.5) is 0 Å². The van der Waals surface area contributed by atoms with Crippen LogP contribution in [-0.4, -0.2) is 22.6 Å². The van der Waals surface area contributed by atoms with Crippen molar-refractivity contribution in [3.8, 4) is 0 Å². The van der Waals surface area contributed by atoms with E-state index in [0.29, 0.717) is 6.42 Å². The lowest BCUT2D eigenvalue weighted by Gasteiger charge is -2.23. The van der Waals surface area contributed by atoms with Gasteiger partial charge >= 0.3 is 5.97 Å². The van der Waals surface area contributed by atoms with Crippen molar-refractivity contribution in [1.29, 1.82) is 0 Å². The first-order chi connectivity index (χ1) is 8.57. The second-order valence-corrected chi connectivity index (χ2v) is 4.73. The van der Waals surface area contributed by atoms with Gasteiger partial charge in [-0.15, -0.1) is 0 Å². The summed E-state index contributed by atoms with van der Waals surface area (Å²) in [5.41, 5.74) is 6.51. The molecule has 0 spiro atoms. The fraction of sp³-hybridized carbons (Fsp3) is 0.286. The first kappa shape index (κ1) is 12.5. The maximum Gasteiger partial charge on any atom is 0.310 e. The smallest absolute Gasteiger partial charge is 0.310 e. The van der Waals surface area contributed by atoms with Gasteiger partial charge in [-0.2, -0.15) is 0 Å². The minimum Gasteiger partial charge on any atom is -0.481 e. The quantitative estimate of drug-likeness (QED) is 0.860. The van der Waals surface area contributed by atoms with E-state index in [1.807, 2.05) is 30.3 Å². The number of hydrogen-bond donors (Lipinski definition) is 2. The zero-order valence-electron chi connectivity index (χ0n) is 10.3. The number of carboxylic acids is 1. The molecule has 0 aliphatic rings. The Morgan fingerprint density at radius 1 is 1.39 bits per heavy atom. The predicted octanol–water partition coefficient (Wildman–Crippen LogP) is 1.83. The summed E-state index contributed by atoms with van der Waals surface area (Å²) in [5, 5.41) is 10.3. The molecule has 2 aromatic rings. The van der Waals surface area contributed by atoms with Gasteiger partial charge in [-0.1, -0.05) is 18.2 Å². The van der Waals surface area contributed by atoms with E-state index >= 15 is 0 Å². The highest BCUT2D eigenvalue weighted by Crippen LogP contribution is 2.26. The third kappa shape index (κ3) is 2.19. The number of nitrogens with zero attached hydrogens (tertiary/aromatic N) is 1. The molecule has 3 N–H and O–H groups in total. The highest BCUT2D eigenvalue weighted by atomic mass is 16.4. The minimum absolute atomic E-state index is 0.110. The lowest BCUT2D eigenvalue weighted by Crippen LogP contribution is -2.37. The van der Waals surface area contributed by atoms with E-state index in [4.69, 9.17) is 5.73 Å². The van der Waals surface area contributed by atoms with Gasteiger partial charge in [0.1, 0.15) is 0 Å². The SMILES string of the molecule is CC(CN)(Cc1ccnc2ccccc12)C(=O)O. The Kier molecular flexibility index (Phi) is 3.30. The number of pyridine rings is 1. The fourth-order valence-electron chi connectivity index (χ4n) is 1.96. The number of fused-ring (bicyclic) bond motifs is 1. The third-order valence-electron chi connectivity index (χ3n) is 3.29. The molecule has 2 rings (SSSR count). The Bertz CT molecular complexity index is 578. The van der Waals surface area contributed by atoms with Crippen LogP contribution in [0.3, 0.4) is 0 Å². The van der Waals surface area contributed by atoms with E-state index < -0.39 is 11.4 Å². The van der Waals surface area contributed by atoms with Crippen molar-refractivity contribution in [3.05, 3.63) is 42.1 Å². The Balaban J connectivity index is 2.46. The first-order valence-electron chi connectivity index (χ1n) is 5.83. The lowest BCUT2D eigenvalue weighted by atomic mass is 9.83. The lowest BCUT2D eigenvalue weighted by molar-refractivity contribution is -0.147. The second-order valence-electron chi connectivity index (χ2n) is 4.73. The van der Waals surface area contributed by atoms with E-state index in [2.05, 4.69) is 4.98 Å². The Morgan fingerprint density at radius 3 is 2.78 bits per heavy atom. The molecule has 4 nitrogen and oxygen atoms in total. The van der Waals surface area contributed by atoms with Gasteiger partial charge in [-0.05, 0) is 31.0 Å². The van der Waals surface area contributed by atoms with Gasteiger partial charge in [0.15, 0.2) is 0 Å². The van der Waals surface area contributed by atoms with Crippen molar-refractivity contribution in [2.75, 3.05) is 6.54 Å². The largest absolute Gasteiger partial charge is 0.481 e. The highest BCUT2D eigenvalue weighted by Gasteiger charge is 2.32. The summed E-state index contributed by atoms with van der Waals surface area (Å²) in [6.07, 6.45) is 2.11. The van der Waals surface area contributed by atoms with Crippen LogP contribution in [0.1, 0.15) is 12.5 Å². The Labute approximate surface area is 105 Å². The van der Waals surface area contributed by atoms with Crippen molar-refractivity contribution in [2.45, 2.75) is 13.3 Å². The number of aliphatic carboxylic acids is 1. The molecule has 0 saturated carbocycles. The number of hydrogen-bond acceptors (Lipinski definition) is 3. The van der Waals surface area contributed by atoms with Crippen molar-refractivity contribution < 1.29 is 9.90 Å². The number of benzene rings is 1. The molecule has 1 aromatic heterocycles. The molecule has 18 heavy (non-hydrogen) atoms. The van der Waals surface area contributed by atoms with Crippen LogP contribution in [0.2, 0.25) is 0 Å². The summed E-state index contributed by atoms with van der Waals surface area (Å²) >= 11 is 0. The van der Waals surface area contributed by atoms with Crippen LogP contribution in [0.15, 0.2) is 36.5 Å². The summed E-state index contributed by atoms with van der Waals surface area (Å²) in [6, 6.07) is 9.57. The summed E-state index contributed by atoms with van der Waals surface area (Å²) in [4.78, 5) is 15.6. The molecule has 0 saturated heterocycles. The standard InChI is InChI=1S/C14H16N2O2/c1-14(9-15,13(17)18)8-10-6-7-16-12-5-3-2-4-11(10)12/h2-7H,8-9,15H2,1H3,(H,17,18). The van der Waals surface area contributed by atoms with Crippen molar-refractivity contribution in [2.24, 2.45) is 11.1 Å². The molecule has 4 heteroatoms. The van der Waals surface area contributed by atoms with Gasteiger partial charge in [-0.3, -0.25) is 9.78 Å². The minimum atomic E-state index is -0.940. The average Bonchev–Trinajstić information content (AvgIpc) is 2.39. The third-order valence-corrected chi connectivity index (χ3v) is 3.29. The number of nitrogens with two attached hydrogens (primary N) is 1. The number of carbonyl (C=O) groups is 1. The molecule has 0 bridgehead atoms. The average molecular weight is 244 g/mol. The van der Waals surface area contributed by atoms with Gasteiger partial charge in [0.2, 0.25) is 0 Å². The van der Waals surface area contributed by atoms with E-state index in [0.717, 1.165) is 16.5 Å². The van der Waals surface area contributed by atoms with Crippen molar-refractivity contribution in [1.82, 2.24) is 4.98 Å². The van der Waals surface area contributed by atoms with Crippen LogP contribution >= 0.6 is 0 Å². The molecule has 94 valence electrons. The maximum atomic E-state index is 11.3. The maximum absolute atomic E-state index is 11.3. The molecular weight excluding hydrogens is 228 g/mol. The Morgan fingerprint density at radius 2 is 2.11 bits per heavy atom. The molecule has 1 atom stereocenters. The molecule has 1 aromatic carbocycles. The van der Waals surface area contributed by atoms with Crippen molar-refractivity contribution >= 4 is 16.9 Å². The van der Waals surface area contributed by atoms with Crippen molar-refractivity contribution in [3.63, 3.8) is 0 Å². The van der Waals surface area contributed by atoms with Gasteiger partial charge in [0.05, 0.1) is 10.9 Å². The number of para-hydroxylation sites is 1. The highest BCUT2D eigenvalue weighted by molar-refractivity contribution is 5.83. The molecule has 0 aliphatic heterocycles. The molecule has 1 unspecified atom stereocenters. The zero-order chi connectivity index (χ0) is 13.2. The van der Waals surface area contributed by atoms with E-state index in [1.54, 1.807) is 13.1 Å². The van der Waals surface area contributed by atoms with E-state index in [-0.39, 0.29) is 6.54 Å². The summed E-state index contributed by atoms with van der Waals surface area (Å²) in [7, 11) is 0. The normalized spacial score (nSPS) is 14.3. The van der Waals surface area contributed by atoms with Gasteiger partial charge in [0.25, 0.3) is 0 Å². The van der Waals surface area contributed by atoms with Crippen LogP contribution < -0.4 is 5.73 Å². The first-order valence-corrected chi connectivity index (χ1v) is 5.83. The topological polar surface area (TPSA) is 76.2 Å². The second kappa shape index (κ2) is 4.74. The molecule has 0 amide bonds. The monoisotopic (exact) mass is 244 g/mol. The summed E-state index contributed by atoms with van der Waals surface area (Å²) in [6.45, 7) is 1.78. The molecule has 0 fully saturated rings. The molecule has 0 radical (unpaired) electrons. The van der Waals surface area contributed by atoms with E-state index in [1.165, 1.54) is 0 Å². The summed E-state index contributed by atoms with van der Waals surface area (Å²) in [5.74, 6) is -0.870. The van der Waals surface area contributed by atoms with Crippen LogP contribution in [0.25, 0.3) is 10.9 Å². The van der Waals surface area contributed by atoms with Gasteiger partial charge in [-0.25, -0.2) is 0 Å². The van der Waals surface area contributed by atoms with E-state index in [9.17, 15) is 9.90 Å². The Hall–Kier alpha value is -1.94. The fourth-order valence-corrected chi connectivity index (χ4v) is 1.96. The summed E-state index contributed by atoms with van der Waals surface area (Å²) < 4.78 is 0. The predicted molar refractivity (Wildman–Crippen MR) is 70.2 cm³/mol. The molecule has 0 aliphatic carbocycles. The molecular formula is C14H16N2O2. The van der Waals surface area contributed by atoms with Gasteiger partial charge < -0.3 is 10.8 Å². The zero-order valence-corrected chi connectivity index (χ0v) is 10.3. The number of aromatic nitrogens is 1. The van der Waals surface area contributed by atoms with Gasteiger partial charge in [0, 0.05) is 18.1 Å². The van der Waals surface area contributed by atoms with Crippen LogP contribution in [-0.2, 0) is 11.2 Å². The number of rotatable bonds is 4. The molecule has 1 heterocycles. The number of carboxylic acid groups (broad SMARTS) is 1. The van der Waals surface area contributed by atoms with Crippen LogP contribution in [0, 0.1) is 5.41 Å².